The average molecular weight is 205 g/mol. The molecule has 0 amide bonds. The van der Waals surface area contributed by atoms with Gasteiger partial charge in [0.15, 0.2) is 0 Å². The van der Waals surface area contributed by atoms with Gasteiger partial charge in [-0.05, 0) is 42.9 Å². The van der Waals surface area contributed by atoms with Crippen molar-refractivity contribution in [1.82, 2.24) is 0 Å². The van der Waals surface area contributed by atoms with E-state index in [-0.39, 0.29) is 0 Å². The monoisotopic (exact) mass is 205 g/mol. The quantitative estimate of drug-likeness (QED) is 0.820. The third-order valence-corrected chi connectivity index (χ3v) is 2.99. The maximum atomic E-state index is 5.76. The normalized spacial score (nSPS) is 16.7. The smallest absolute Gasteiger partial charge is 0.125 e. The summed E-state index contributed by atoms with van der Waals surface area (Å²) in [5.74, 6) is 1.66. The van der Waals surface area contributed by atoms with Gasteiger partial charge in [-0.3, -0.25) is 0 Å². The molecule has 1 aromatic carbocycles. The van der Waals surface area contributed by atoms with E-state index >= 15 is 0 Å². The van der Waals surface area contributed by atoms with Crippen LogP contribution in [-0.4, -0.2) is 13.2 Å². The standard InChI is InChI=1S/C13H19NO/c1-10(9-14)8-12-5-2-4-11-6-3-7-15-13(11)12/h2,4-5,10H,3,6-9,14H2,1H3. The Morgan fingerprint density at radius 2 is 2.33 bits per heavy atom. The fraction of sp³-hybridized carbons (Fsp3) is 0.538. The van der Waals surface area contributed by atoms with Crippen molar-refractivity contribution < 1.29 is 4.74 Å². The number of aryl methyl sites for hydroxylation is 1. The highest BCUT2D eigenvalue weighted by molar-refractivity contribution is 5.42. The number of nitrogens with two attached hydrogens (primary N) is 1. The lowest BCUT2D eigenvalue weighted by Crippen LogP contribution is -2.16. The summed E-state index contributed by atoms with van der Waals surface area (Å²) >= 11 is 0. The fourth-order valence-electron chi connectivity index (χ4n) is 2.08. The molecular formula is C13H19NO. The molecule has 2 nitrogen and oxygen atoms in total. The number of rotatable bonds is 3. The van der Waals surface area contributed by atoms with Gasteiger partial charge in [-0.15, -0.1) is 0 Å². The summed E-state index contributed by atoms with van der Waals surface area (Å²) < 4.78 is 5.76. The third-order valence-electron chi connectivity index (χ3n) is 2.99. The zero-order chi connectivity index (χ0) is 10.7. The molecule has 1 atom stereocenters. The van der Waals surface area contributed by atoms with Crippen LogP contribution < -0.4 is 10.5 Å². The number of ether oxygens (including phenoxy) is 1. The summed E-state index contributed by atoms with van der Waals surface area (Å²) in [6, 6.07) is 6.47. The van der Waals surface area contributed by atoms with E-state index in [1.165, 1.54) is 11.1 Å². The van der Waals surface area contributed by atoms with Crippen LogP contribution in [0.3, 0.4) is 0 Å². The molecule has 1 aliphatic rings. The van der Waals surface area contributed by atoms with Crippen molar-refractivity contribution in [3.05, 3.63) is 29.3 Å². The Labute approximate surface area is 91.4 Å². The Balaban J connectivity index is 2.23. The molecule has 1 aromatic rings. The molecule has 2 N–H and O–H groups in total. The van der Waals surface area contributed by atoms with E-state index in [1.807, 2.05) is 0 Å². The summed E-state index contributed by atoms with van der Waals surface area (Å²) in [7, 11) is 0. The van der Waals surface area contributed by atoms with Crippen molar-refractivity contribution in [3.8, 4) is 5.75 Å². The van der Waals surface area contributed by atoms with Crippen LogP contribution >= 0.6 is 0 Å². The molecule has 2 heteroatoms. The molecule has 0 bridgehead atoms. The molecule has 0 spiro atoms. The minimum Gasteiger partial charge on any atom is -0.493 e. The topological polar surface area (TPSA) is 35.2 Å². The molecule has 0 saturated heterocycles. The van der Waals surface area contributed by atoms with Crippen LogP contribution in [0.15, 0.2) is 18.2 Å². The third kappa shape index (κ3) is 2.32. The summed E-state index contributed by atoms with van der Waals surface area (Å²) in [6.07, 6.45) is 3.32. The first kappa shape index (κ1) is 10.5. The number of hydrogen-bond acceptors (Lipinski definition) is 2. The average Bonchev–Trinajstić information content (AvgIpc) is 2.29. The minimum atomic E-state index is 0.530. The van der Waals surface area contributed by atoms with Crippen LogP contribution in [0.1, 0.15) is 24.5 Å². The van der Waals surface area contributed by atoms with Gasteiger partial charge in [0.25, 0.3) is 0 Å². The zero-order valence-electron chi connectivity index (χ0n) is 9.33. The van der Waals surface area contributed by atoms with Crippen LogP contribution in [0.5, 0.6) is 5.75 Å². The largest absolute Gasteiger partial charge is 0.493 e. The van der Waals surface area contributed by atoms with Crippen LogP contribution in [-0.2, 0) is 12.8 Å². The molecule has 0 saturated carbocycles. The number of para-hydroxylation sites is 1. The molecule has 0 aliphatic carbocycles. The number of benzene rings is 1. The molecule has 2 rings (SSSR count). The highest BCUT2D eigenvalue weighted by Gasteiger charge is 2.15. The van der Waals surface area contributed by atoms with E-state index in [4.69, 9.17) is 10.5 Å². The summed E-state index contributed by atoms with van der Waals surface area (Å²) in [5.41, 5.74) is 8.34. The second-order valence-corrected chi connectivity index (χ2v) is 4.40. The van der Waals surface area contributed by atoms with Crippen molar-refractivity contribution in [3.63, 3.8) is 0 Å². The van der Waals surface area contributed by atoms with E-state index in [0.717, 1.165) is 38.2 Å². The lowest BCUT2D eigenvalue weighted by atomic mass is 9.96. The predicted molar refractivity (Wildman–Crippen MR) is 62.2 cm³/mol. The Kier molecular flexibility index (Phi) is 3.27. The lowest BCUT2D eigenvalue weighted by Gasteiger charge is -2.21. The van der Waals surface area contributed by atoms with Crippen molar-refractivity contribution in [1.29, 1.82) is 0 Å². The van der Waals surface area contributed by atoms with Crippen molar-refractivity contribution >= 4 is 0 Å². The molecule has 0 radical (unpaired) electrons. The summed E-state index contributed by atoms with van der Waals surface area (Å²) in [5, 5.41) is 0. The first-order valence-electron chi connectivity index (χ1n) is 5.75. The van der Waals surface area contributed by atoms with Gasteiger partial charge in [-0.25, -0.2) is 0 Å². The highest BCUT2D eigenvalue weighted by atomic mass is 16.5. The van der Waals surface area contributed by atoms with E-state index in [2.05, 4.69) is 25.1 Å². The van der Waals surface area contributed by atoms with Gasteiger partial charge in [0.05, 0.1) is 6.61 Å². The van der Waals surface area contributed by atoms with Crippen LogP contribution in [0, 0.1) is 5.92 Å². The van der Waals surface area contributed by atoms with Gasteiger partial charge in [-0.2, -0.15) is 0 Å². The second-order valence-electron chi connectivity index (χ2n) is 4.40. The van der Waals surface area contributed by atoms with E-state index < -0.39 is 0 Å². The van der Waals surface area contributed by atoms with E-state index in [9.17, 15) is 0 Å². The number of hydrogen-bond donors (Lipinski definition) is 1. The van der Waals surface area contributed by atoms with E-state index in [0.29, 0.717) is 5.92 Å². The van der Waals surface area contributed by atoms with Gasteiger partial charge in [0, 0.05) is 0 Å². The number of fused-ring (bicyclic) bond motifs is 1. The molecule has 82 valence electrons. The molecule has 1 unspecified atom stereocenters. The van der Waals surface area contributed by atoms with Crippen molar-refractivity contribution in [2.45, 2.75) is 26.2 Å². The zero-order valence-corrected chi connectivity index (χ0v) is 9.33. The van der Waals surface area contributed by atoms with Crippen molar-refractivity contribution in [2.75, 3.05) is 13.2 Å². The maximum Gasteiger partial charge on any atom is 0.125 e. The molecule has 1 heterocycles. The van der Waals surface area contributed by atoms with Gasteiger partial charge < -0.3 is 10.5 Å². The Hall–Kier alpha value is -1.02. The molecule has 1 aliphatic heterocycles. The Morgan fingerprint density at radius 3 is 3.13 bits per heavy atom. The van der Waals surface area contributed by atoms with Gasteiger partial charge in [0.1, 0.15) is 5.75 Å². The summed E-state index contributed by atoms with van der Waals surface area (Å²) in [6.45, 7) is 3.78. The fourth-order valence-corrected chi connectivity index (χ4v) is 2.08. The van der Waals surface area contributed by atoms with Gasteiger partial charge in [-0.1, -0.05) is 25.1 Å². The Bertz CT molecular complexity index is 335. The SMILES string of the molecule is CC(CN)Cc1cccc2c1OCCC2. The second kappa shape index (κ2) is 4.67. The van der Waals surface area contributed by atoms with Crippen LogP contribution in [0.25, 0.3) is 0 Å². The minimum absolute atomic E-state index is 0.530. The predicted octanol–water partition coefficient (Wildman–Crippen LogP) is 2.15. The van der Waals surface area contributed by atoms with E-state index in [1.54, 1.807) is 0 Å². The summed E-state index contributed by atoms with van der Waals surface area (Å²) in [4.78, 5) is 0. The maximum absolute atomic E-state index is 5.76. The molecule has 0 fully saturated rings. The van der Waals surface area contributed by atoms with Gasteiger partial charge in [0.2, 0.25) is 0 Å². The van der Waals surface area contributed by atoms with Crippen LogP contribution in [0.2, 0.25) is 0 Å². The first-order valence-corrected chi connectivity index (χ1v) is 5.75. The lowest BCUT2D eigenvalue weighted by molar-refractivity contribution is 0.284. The molecule has 15 heavy (non-hydrogen) atoms. The molecule has 0 aromatic heterocycles. The Morgan fingerprint density at radius 1 is 1.47 bits per heavy atom. The van der Waals surface area contributed by atoms with Crippen molar-refractivity contribution in [2.24, 2.45) is 11.7 Å². The highest BCUT2D eigenvalue weighted by Crippen LogP contribution is 2.30. The molecular weight excluding hydrogens is 186 g/mol. The van der Waals surface area contributed by atoms with Gasteiger partial charge >= 0.3 is 0 Å². The first-order chi connectivity index (χ1) is 7.31. The van der Waals surface area contributed by atoms with Crippen LogP contribution in [0.4, 0.5) is 0 Å².